The first-order valence-corrected chi connectivity index (χ1v) is 9.52. The van der Waals surface area contributed by atoms with Crippen LogP contribution in [0.3, 0.4) is 0 Å². The van der Waals surface area contributed by atoms with Gasteiger partial charge in [-0.05, 0) is 49.1 Å². The SMILES string of the molecule is COc1ccc(CN(C)Cn2[nH]c(-c3ccc(Br)cc3)nc2=S)cc1OC. The lowest BCUT2D eigenvalue weighted by atomic mass is 10.2. The number of halogens is 1. The van der Waals surface area contributed by atoms with Gasteiger partial charge in [-0.1, -0.05) is 34.1 Å². The summed E-state index contributed by atoms with van der Waals surface area (Å²) in [6, 6.07) is 13.9. The second-order valence-electron chi connectivity index (χ2n) is 6.13. The summed E-state index contributed by atoms with van der Waals surface area (Å²) in [5, 5.41) is 3.27. The van der Waals surface area contributed by atoms with E-state index in [0.717, 1.165) is 39.5 Å². The molecule has 0 unspecified atom stereocenters. The van der Waals surface area contributed by atoms with E-state index in [4.69, 9.17) is 21.7 Å². The highest BCUT2D eigenvalue weighted by molar-refractivity contribution is 9.10. The highest BCUT2D eigenvalue weighted by atomic mass is 79.9. The first-order chi connectivity index (χ1) is 13.0. The van der Waals surface area contributed by atoms with Crippen molar-refractivity contribution in [3.8, 4) is 22.9 Å². The Morgan fingerprint density at radius 3 is 2.48 bits per heavy atom. The van der Waals surface area contributed by atoms with Gasteiger partial charge in [0.15, 0.2) is 17.3 Å². The number of rotatable bonds is 7. The number of aromatic nitrogens is 3. The third kappa shape index (κ3) is 4.77. The summed E-state index contributed by atoms with van der Waals surface area (Å²) in [4.78, 5) is 6.60. The minimum absolute atomic E-state index is 0.520. The van der Waals surface area contributed by atoms with Crippen molar-refractivity contribution in [3.05, 3.63) is 57.3 Å². The maximum Gasteiger partial charge on any atom is 0.217 e. The molecule has 0 saturated carbocycles. The summed E-state index contributed by atoms with van der Waals surface area (Å²) in [7, 11) is 5.30. The molecule has 0 fully saturated rings. The zero-order chi connectivity index (χ0) is 19.4. The predicted octanol–water partition coefficient (Wildman–Crippen LogP) is 4.48. The fraction of sp³-hybridized carbons (Fsp3) is 0.263. The fourth-order valence-corrected chi connectivity index (χ4v) is 3.23. The molecule has 0 aliphatic rings. The molecule has 1 aromatic heterocycles. The Morgan fingerprint density at radius 2 is 1.81 bits per heavy atom. The van der Waals surface area contributed by atoms with E-state index in [2.05, 4.69) is 30.9 Å². The number of nitrogens with zero attached hydrogens (tertiary/aromatic N) is 3. The third-order valence-electron chi connectivity index (χ3n) is 4.08. The van der Waals surface area contributed by atoms with Gasteiger partial charge in [0.25, 0.3) is 0 Å². The first kappa shape index (κ1) is 19.6. The molecule has 3 rings (SSSR count). The second-order valence-corrected chi connectivity index (χ2v) is 7.42. The van der Waals surface area contributed by atoms with Crippen LogP contribution in [0.1, 0.15) is 5.56 Å². The van der Waals surface area contributed by atoms with Crippen LogP contribution in [0.5, 0.6) is 11.5 Å². The maximum absolute atomic E-state index is 5.40. The van der Waals surface area contributed by atoms with Crippen LogP contribution < -0.4 is 9.47 Å². The molecule has 0 atom stereocenters. The second kappa shape index (κ2) is 8.69. The van der Waals surface area contributed by atoms with Crippen LogP contribution in [-0.2, 0) is 13.2 Å². The van der Waals surface area contributed by atoms with Crippen molar-refractivity contribution in [1.82, 2.24) is 19.7 Å². The summed E-state index contributed by atoms with van der Waals surface area (Å²) in [5.41, 5.74) is 2.11. The highest BCUT2D eigenvalue weighted by Gasteiger charge is 2.10. The van der Waals surface area contributed by atoms with Gasteiger partial charge in [-0.15, -0.1) is 0 Å². The Kier molecular flexibility index (Phi) is 6.30. The van der Waals surface area contributed by atoms with Crippen LogP contribution in [0.2, 0.25) is 0 Å². The van der Waals surface area contributed by atoms with Crippen LogP contribution in [0.25, 0.3) is 11.4 Å². The van der Waals surface area contributed by atoms with Crippen molar-refractivity contribution in [2.24, 2.45) is 0 Å². The van der Waals surface area contributed by atoms with Crippen molar-refractivity contribution in [2.45, 2.75) is 13.2 Å². The van der Waals surface area contributed by atoms with Gasteiger partial charge >= 0.3 is 0 Å². The zero-order valence-corrected chi connectivity index (χ0v) is 17.8. The van der Waals surface area contributed by atoms with Crippen molar-refractivity contribution in [3.63, 3.8) is 0 Å². The van der Waals surface area contributed by atoms with Crippen LogP contribution in [0.4, 0.5) is 0 Å². The molecule has 0 amide bonds. The Morgan fingerprint density at radius 1 is 1.11 bits per heavy atom. The minimum Gasteiger partial charge on any atom is -0.493 e. The van der Waals surface area contributed by atoms with E-state index in [1.54, 1.807) is 14.2 Å². The van der Waals surface area contributed by atoms with Crippen molar-refractivity contribution < 1.29 is 9.47 Å². The lowest BCUT2D eigenvalue weighted by Gasteiger charge is -2.18. The predicted molar refractivity (Wildman–Crippen MR) is 112 cm³/mol. The Hall–Kier alpha value is -2.16. The van der Waals surface area contributed by atoms with Crippen LogP contribution in [0, 0.1) is 4.77 Å². The molecule has 6 nitrogen and oxygen atoms in total. The van der Waals surface area contributed by atoms with E-state index in [1.807, 2.05) is 54.2 Å². The topological polar surface area (TPSA) is 55.3 Å². The van der Waals surface area contributed by atoms with Crippen molar-refractivity contribution in [2.75, 3.05) is 21.3 Å². The first-order valence-electron chi connectivity index (χ1n) is 8.32. The van der Waals surface area contributed by atoms with Gasteiger partial charge in [-0.2, -0.15) is 4.98 Å². The average Bonchev–Trinajstić information content (AvgIpc) is 3.02. The lowest BCUT2D eigenvalue weighted by Crippen LogP contribution is -2.22. The number of methoxy groups -OCH3 is 2. The summed E-state index contributed by atoms with van der Waals surface area (Å²) in [6.45, 7) is 1.32. The molecule has 0 aliphatic carbocycles. The number of hydrogen-bond donors (Lipinski definition) is 1. The molecule has 0 spiro atoms. The van der Waals surface area contributed by atoms with Gasteiger partial charge in [0.05, 0.1) is 20.9 Å². The molecular weight excluding hydrogens is 428 g/mol. The summed E-state index contributed by atoms with van der Waals surface area (Å²) in [6.07, 6.45) is 0. The van der Waals surface area contributed by atoms with E-state index < -0.39 is 0 Å². The smallest absolute Gasteiger partial charge is 0.217 e. The lowest BCUT2D eigenvalue weighted by molar-refractivity contribution is 0.244. The molecule has 0 aliphatic heterocycles. The Bertz CT molecular complexity index is 969. The number of aromatic amines is 1. The Balaban J connectivity index is 1.72. The average molecular weight is 449 g/mol. The molecule has 27 heavy (non-hydrogen) atoms. The number of benzene rings is 2. The third-order valence-corrected chi connectivity index (χ3v) is 4.92. The molecule has 3 aromatic rings. The number of H-pyrrole nitrogens is 1. The van der Waals surface area contributed by atoms with Crippen LogP contribution >= 0.6 is 28.1 Å². The van der Waals surface area contributed by atoms with E-state index in [-0.39, 0.29) is 0 Å². The zero-order valence-electron chi connectivity index (χ0n) is 15.4. The standard InChI is InChI=1S/C19H21BrN4O2S/c1-23(11-13-4-9-16(25-2)17(10-13)26-3)12-24-19(27)21-18(22-24)14-5-7-15(20)8-6-14/h4-10H,11-12H2,1-3H3,(H,21,22,27). The van der Waals surface area contributed by atoms with Gasteiger partial charge < -0.3 is 9.47 Å². The van der Waals surface area contributed by atoms with Crippen molar-refractivity contribution >= 4 is 28.1 Å². The van der Waals surface area contributed by atoms with Gasteiger partial charge in [-0.3, -0.25) is 10.00 Å². The molecule has 0 bridgehead atoms. The monoisotopic (exact) mass is 448 g/mol. The number of ether oxygens (including phenoxy) is 2. The summed E-state index contributed by atoms with van der Waals surface area (Å²) < 4.78 is 14.1. The highest BCUT2D eigenvalue weighted by Crippen LogP contribution is 2.28. The van der Waals surface area contributed by atoms with E-state index in [0.29, 0.717) is 11.4 Å². The largest absolute Gasteiger partial charge is 0.493 e. The summed E-state index contributed by atoms with van der Waals surface area (Å²) >= 11 is 8.84. The van der Waals surface area contributed by atoms with Crippen molar-refractivity contribution in [1.29, 1.82) is 0 Å². The van der Waals surface area contributed by atoms with Crippen LogP contribution in [0.15, 0.2) is 46.9 Å². The molecular formula is C19H21BrN4O2S. The van der Waals surface area contributed by atoms with Gasteiger partial charge in [0.2, 0.25) is 4.77 Å². The quantitative estimate of drug-likeness (QED) is 0.540. The normalized spacial score (nSPS) is 11.0. The number of hydrogen-bond acceptors (Lipinski definition) is 5. The van der Waals surface area contributed by atoms with E-state index in [9.17, 15) is 0 Å². The van der Waals surface area contributed by atoms with Crippen LogP contribution in [-0.4, -0.2) is 40.9 Å². The molecule has 142 valence electrons. The van der Waals surface area contributed by atoms with Gasteiger partial charge in [-0.25, -0.2) is 4.68 Å². The molecule has 1 N–H and O–H groups in total. The fourth-order valence-electron chi connectivity index (χ4n) is 2.77. The Labute approximate surface area is 171 Å². The molecule has 2 aromatic carbocycles. The summed E-state index contributed by atoms with van der Waals surface area (Å²) in [5.74, 6) is 2.20. The maximum atomic E-state index is 5.40. The molecule has 0 radical (unpaired) electrons. The van der Waals surface area contributed by atoms with E-state index >= 15 is 0 Å². The molecule has 0 saturated heterocycles. The van der Waals surface area contributed by atoms with Gasteiger partial charge in [0.1, 0.15) is 0 Å². The van der Waals surface area contributed by atoms with Gasteiger partial charge in [0, 0.05) is 16.6 Å². The molecule has 8 heteroatoms. The molecule has 1 heterocycles. The van der Waals surface area contributed by atoms with E-state index in [1.165, 1.54) is 0 Å². The number of nitrogens with one attached hydrogen (secondary N) is 1. The minimum atomic E-state index is 0.520.